The molecule has 1 aromatic heterocycles. The fourth-order valence-electron chi connectivity index (χ4n) is 2.71. The number of amides is 1. The maximum Gasteiger partial charge on any atom is 0.269 e. The third kappa shape index (κ3) is 2.86. The standard InChI is InChI=1S/C17H13N5O4/c23-17-11-26-16-4-2-1-3-15(16)20(17)9-12-10-21(19-18-12)13-5-7-14(8-6-13)22(24)25/h1-8,10H,9,11H2. The van der Waals surface area contributed by atoms with E-state index in [0.717, 1.165) is 0 Å². The highest BCUT2D eigenvalue weighted by atomic mass is 16.6. The first-order valence-corrected chi connectivity index (χ1v) is 7.80. The molecule has 1 aliphatic heterocycles. The zero-order valence-electron chi connectivity index (χ0n) is 13.5. The minimum absolute atomic E-state index is 0.00427. The zero-order valence-corrected chi connectivity index (χ0v) is 13.5. The summed E-state index contributed by atoms with van der Waals surface area (Å²) in [7, 11) is 0. The van der Waals surface area contributed by atoms with Gasteiger partial charge in [0.25, 0.3) is 11.6 Å². The summed E-state index contributed by atoms with van der Waals surface area (Å²) in [6.45, 7) is 0.236. The lowest BCUT2D eigenvalue weighted by Crippen LogP contribution is -2.38. The van der Waals surface area contributed by atoms with Crippen LogP contribution < -0.4 is 9.64 Å². The van der Waals surface area contributed by atoms with Crippen LogP contribution in [0.5, 0.6) is 5.75 Å². The van der Waals surface area contributed by atoms with Gasteiger partial charge in [-0.25, -0.2) is 4.68 Å². The molecule has 1 aliphatic rings. The molecule has 9 nitrogen and oxygen atoms in total. The molecule has 0 atom stereocenters. The van der Waals surface area contributed by atoms with Crippen LogP contribution in [0.4, 0.5) is 11.4 Å². The first kappa shape index (κ1) is 15.8. The molecule has 0 saturated carbocycles. The van der Waals surface area contributed by atoms with Crippen LogP contribution in [0.2, 0.25) is 0 Å². The predicted molar refractivity (Wildman–Crippen MR) is 91.1 cm³/mol. The highest BCUT2D eigenvalue weighted by Crippen LogP contribution is 2.32. The van der Waals surface area contributed by atoms with Gasteiger partial charge in [0.1, 0.15) is 11.4 Å². The van der Waals surface area contributed by atoms with Crippen molar-refractivity contribution in [2.45, 2.75) is 6.54 Å². The number of ether oxygens (including phenoxy) is 1. The van der Waals surface area contributed by atoms with Gasteiger partial charge in [0.05, 0.1) is 29.0 Å². The summed E-state index contributed by atoms with van der Waals surface area (Å²) < 4.78 is 6.93. The van der Waals surface area contributed by atoms with Crippen molar-refractivity contribution in [2.75, 3.05) is 11.5 Å². The Hall–Kier alpha value is -3.75. The number of benzene rings is 2. The van der Waals surface area contributed by atoms with E-state index in [2.05, 4.69) is 10.3 Å². The van der Waals surface area contributed by atoms with E-state index in [1.165, 1.54) is 16.8 Å². The molecule has 130 valence electrons. The fraction of sp³-hybridized carbons (Fsp3) is 0.118. The molecule has 2 aromatic carbocycles. The van der Waals surface area contributed by atoms with Crippen molar-refractivity contribution in [1.29, 1.82) is 0 Å². The van der Waals surface area contributed by atoms with Gasteiger partial charge in [-0.2, -0.15) is 0 Å². The molecule has 9 heteroatoms. The number of aromatic nitrogens is 3. The fourth-order valence-corrected chi connectivity index (χ4v) is 2.71. The molecule has 26 heavy (non-hydrogen) atoms. The summed E-state index contributed by atoms with van der Waals surface area (Å²) in [5.41, 5.74) is 1.93. The summed E-state index contributed by atoms with van der Waals surface area (Å²) in [6, 6.07) is 13.3. The largest absolute Gasteiger partial charge is 0.482 e. The number of nitrogens with zero attached hydrogens (tertiary/aromatic N) is 5. The summed E-state index contributed by atoms with van der Waals surface area (Å²) in [6.07, 6.45) is 1.69. The lowest BCUT2D eigenvalue weighted by Gasteiger charge is -2.28. The first-order chi connectivity index (χ1) is 12.6. The van der Waals surface area contributed by atoms with Gasteiger partial charge in [0.2, 0.25) is 0 Å². The number of hydrogen-bond donors (Lipinski definition) is 0. The van der Waals surface area contributed by atoms with Gasteiger partial charge in [-0.3, -0.25) is 19.8 Å². The van der Waals surface area contributed by atoms with E-state index in [9.17, 15) is 14.9 Å². The van der Waals surface area contributed by atoms with Crippen LogP contribution in [0.1, 0.15) is 5.69 Å². The van der Waals surface area contributed by atoms with Crippen LogP contribution in [0.25, 0.3) is 5.69 Å². The molecule has 4 rings (SSSR count). The Bertz CT molecular complexity index is 983. The van der Waals surface area contributed by atoms with Crippen LogP contribution in [0.15, 0.2) is 54.7 Å². The second-order valence-electron chi connectivity index (χ2n) is 5.66. The molecular formula is C17H13N5O4. The molecule has 0 fully saturated rings. The summed E-state index contributed by atoms with van der Waals surface area (Å²) in [4.78, 5) is 24.1. The highest BCUT2D eigenvalue weighted by Gasteiger charge is 2.26. The van der Waals surface area contributed by atoms with Crippen LogP contribution in [0.3, 0.4) is 0 Å². The highest BCUT2D eigenvalue weighted by molar-refractivity contribution is 5.97. The van der Waals surface area contributed by atoms with Crippen LogP contribution in [-0.4, -0.2) is 32.4 Å². The van der Waals surface area contributed by atoms with Gasteiger partial charge in [0, 0.05) is 12.1 Å². The number of para-hydroxylation sites is 2. The van der Waals surface area contributed by atoms with Crippen molar-refractivity contribution in [3.63, 3.8) is 0 Å². The second kappa shape index (κ2) is 6.28. The van der Waals surface area contributed by atoms with Gasteiger partial charge < -0.3 is 4.74 Å². The third-order valence-electron chi connectivity index (χ3n) is 3.99. The number of nitro groups is 1. The Morgan fingerprint density at radius 2 is 1.92 bits per heavy atom. The molecule has 0 saturated heterocycles. The van der Waals surface area contributed by atoms with Gasteiger partial charge in [-0.05, 0) is 24.3 Å². The smallest absolute Gasteiger partial charge is 0.269 e. The van der Waals surface area contributed by atoms with Crippen molar-refractivity contribution in [3.05, 3.63) is 70.5 Å². The molecule has 0 N–H and O–H groups in total. The van der Waals surface area contributed by atoms with E-state index in [0.29, 0.717) is 22.8 Å². The molecule has 0 radical (unpaired) electrons. The number of nitro benzene ring substituents is 1. The quantitative estimate of drug-likeness (QED) is 0.527. The second-order valence-corrected chi connectivity index (χ2v) is 5.66. The van der Waals surface area contributed by atoms with E-state index < -0.39 is 4.92 Å². The number of carbonyl (C=O) groups excluding carboxylic acids is 1. The normalized spacial score (nSPS) is 13.2. The van der Waals surface area contributed by atoms with Crippen molar-refractivity contribution in [1.82, 2.24) is 15.0 Å². The molecule has 2 heterocycles. The number of carbonyl (C=O) groups is 1. The van der Waals surface area contributed by atoms with Crippen molar-refractivity contribution in [2.24, 2.45) is 0 Å². The number of rotatable bonds is 4. The minimum atomic E-state index is -0.460. The van der Waals surface area contributed by atoms with Crippen molar-refractivity contribution < 1.29 is 14.5 Å². The molecule has 0 aliphatic carbocycles. The Kier molecular flexibility index (Phi) is 3.81. The number of hydrogen-bond acceptors (Lipinski definition) is 6. The summed E-state index contributed by atoms with van der Waals surface area (Å²) >= 11 is 0. The van der Waals surface area contributed by atoms with Crippen LogP contribution in [-0.2, 0) is 11.3 Å². The van der Waals surface area contributed by atoms with E-state index >= 15 is 0 Å². The van der Waals surface area contributed by atoms with Crippen LogP contribution in [0, 0.1) is 10.1 Å². The Morgan fingerprint density at radius 1 is 1.15 bits per heavy atom. The Morgan fingerprint density at radius 3 is 2.69 bits per heavy atom. The number of non-ortho nitro benzene ring substituents is 1. The molecule has 1 amide bonds. The molecule has 0 spiro atoms. The molecule has 3 aromatic rings. The first-order valence-electron chi connectivity index (χ1n) is 7.80. The topological polar surface area (TPSA) is 103 Å². The predicted octanol–water partition coefficient (Wildman–Crippen LogP) is 2.10. The van der Waals surface area contributed by atoms with Crippen LogP contribution >= 0.6 is 0 Å². The molecule has 0 bridgehead atoms. The Balaban J connectivity index is 1.57. The average molecular weight is 351 g/mol. The monoisotopic (exact) mass is 351 g/mol. The Labute approximate surface area is 147 Å². The van der Waals surface area contributed by atoms with E-state index in [1.807, 2.05) is 24.3 Å². The van der Waals surface area contributed by atoms with Gasteiger partial charge in [-0.15, -0.1) is 5.10 Å². The molecular weight excluding hydrogens is 338 g/mol. The van der Waals surface area contributed by atoms with Gasteiger partial charge in [-0.1, -0.05) is 17.3 Å². The minimum Gasteiger partial charge on any atom is -0.482 e. The summed E-state index contributed by atoms with van der Waals surface area (Å²) in [5.74, 6) is 0.489. The lowest BCUT2D eigenvalue weighted by molar-refractivity contribution is -0.384. The average Bonchev–Trinajstić information content (AvgIpc) is 3.13. The van der Waals surface area contributed by atoms with E-state index in [-0.39, 0.29) is 24.7 Å². The van der Waals surface area contributed by atoms with Crippen molar-refractivity contribution in [3.8, 4) is 11.4 Å². The number of anilines is 1. The zero-order chi connectivity index (χ0) is 18.1. The van der Waals surface area contributed by atoms with E-state index in [1.54, 1.807) is 23.2 Å². The SMILES string of the molecule is O=C1COc2ccccc2N1Cc1cn(-c2ccc([N+](=O)[O-])cc2)nn1. The van der Waals surface area contributed by atoms with Gasteiger partial charge >= 0.3 is 0 Å². The third-order valence-corrected chi connectivity index (χ3v) is 3.99. The molecule has 0 unspecified atom stereocenters. The maximum atomic E-state index is 12.2. The summed E-state index contributed by atoms with van der Waals surface area (Å²) in [5, 5.41) is 18.9. The van der Waals surface area contributed by atoms with Gasteiger partial charge in [0.15, 0.2) is 6.61 Å². The maximum absolute atomic E-state index is 12.2. The number of fused-ring (bicyclic) bond motifs is 1. The van der Waals surface area contributed by atoms with Crippen molar-refractivity contribution >= 4 is 17.3 Å². The lowest BCUT2D eigenvalue weighted by atomic mass is 10.2. The van der Waals surface area contributed by atoms with E-state index in [4.69, 9.17) is 4.74 Å².